The third-order valence-electron chi connectivity index (χ3n) is 4.07. The zero-order chi connectivity index (χ0) is 15.9. The van der Waals surface area contributed by atoms with Crippen molar-refractivity contribution in [3.8, 4) is 0 Å². The molecule has 1 heterocycles. The summed E-state index contributed by atoms with van der Waals surface area (Å²) < 4.78 is 0. The predicted molar refractivity (Wildman–Crippen MR) is 84.8 cm³/mol. The number of aliphatic carboxylic acids is 1. The number of rotatable bonds is 5. The Morgan fingerprint density at radius 1 is 1.18 bits per heavy atom. The van der Waals surface area contributed by atoms with Crippen molar-refractivity contribution in [2.24, 2.45) is 0 Å². The van der Waals surface area contributed by atoms with E-state index >= 15 is 0 Å². The van der Waals surface area contributed by atoms with Gasteiger partial charge < -0.3 is 10.4 Å². The van der Waals surface area contributed by atoms with Gasteiger partial charge in [0.1, 0.15) is 6.04 Å². The summed E-state index contributed by atoms with van der Waals surface area (Å²) in [5.41, 5.74) is 1.53. The van der Waals surface area contributed by atoms with Gasteiger partial charge in [-0.05, 0) is 44.5 Å². The molecule has 120 valence electrons. The number of amides is 1. The lowest BCUT2D eigenvalue weighted by molar-refractivity contribution is -0.138. The molecule has 1 unspecified atom stereocenters. The molecule has 22 heavy (non-hydrogen) atoms. The molecule has 1 aromatic carbocycles. The molecule has 2 N–H and O–H groups in total. The number of likely N-dealkylation sites (tertiary alicyclic amines) is 1. The number of carboxylic acid groups (broad SMARTS) is 1. The largest absolute Gasteiger partial charge is 0.480 e. The average Bonchev–Trinajstić information content (AvgIpc) is 2.76. The molecule has 5 nitrogen and oxygen atoms in total. The quantitative estimate of drug-likeness (QED) is 0.875. The summed E-state index contributed by atoms with van der Waals surface area (Å²) in [5, 5.41) is 11.4. The molecule has 1 atom stereocenters. The van der Waals surface area contributed by atoms with Crippen LogP contribution in [-0.2, 0) is 11.3 Å². The lowest BCUT2D eigenvalue weighted by atomic mass is 10.1. The number of hydrogen-bond acceptors (Lipinski definition) is 3. The van der Waals surface area contributed by atoms with E-state index in [0.29, 0.717) is 5.56 Å². The summed E-state index contributed by atoms with van der Waals surface area (Å²) in [7, 11) is 0. The summed E-state index contributed by atoms with van der Waals surface area (Å²) in [5.74, 6) is -1.35. The minimum absolute atomic E-state index is 0.319. The van der Waals surface area contributed by atoms with Crippen LogP contribution < -0.4 is 5.32 Å². The maximum Gasteiger partial charge on any atom is 0.325 e. The minimum Gasteiger partial charge on any atom is -0.480 e. The summed E-state index contributed by atoms with van der Waals surface area (Å²) in [6.07, 6.45) is 4.94. The van der Waals surface area contributed by atoms with E-state index in [9.17, 15) is 9.59 Å². The summed E-state index contributed by atoms with van der Waals surface area (Å²) in [6.45, 7) is 4.33. The number of carboxylic acids is 1. The number of carbonyl (C=O) groups excluding carboxylic acids is 1. The number of carbonyl (C=O) groups is 2. The van der Waals surface area contributed by atoms with Crippen molar-refractivity contribution >= 4 is 11.9 Å². The zero-order valence-electron chi connectivity index (χ0n) is 13.0. The zero-order valence-corrected chi connectivity index (χ0v) is 13.0. The van der Waals surface area contributed by atoms with Crippen LogP contribution in [0.4, 0.5) is 0 Å². The highest BCUT2D eigenvalue weighted by atomic mass is 16.4. The van der Waals surface area contributed by atoms with Crippen LogP contribution in [0.1, 0.15) is 48.5 Å². The van der Waals surface area contributed by atoms with Gasteiger partial charge in [-0.2, -0.15) is 0 Å². The standard InChI is InChI=1S/C17H24N2O3/c1-13(17(21)22)18-16(20)15-9-5-4-8-14(15)12-19-10-6-2-3-7-11-19/h4-5,8-9,13H,2-3,6-7,10-12H2,1H3,(H,18,20)(H,21,22). The van der Waals surface area contributed by atoms with Crippen LogP contribution in [0.3, 0.4) is 0 Å². The molecule has 0 spiro atoms. The van der Waals surface area contributed by atoms with Gasteiger partial charge in [-0.1, -0.05) is 31.0 Å². The Bertz CT molecular complexity index is 522. The van der Waals surface area contributed by atoms with Gasteiger partial charge in [-0.25, -0.2) is 0 Å². The fraction of sp³-hybridized carbons (Fsp3) is 0.529. The first kappa shape index (κ1) is 16.5. The molecule has 5 heteroatoms. The molecule has 0 aliphatic carbocycles. The van der Waals surface area contributed by atoms with E-state index in [4.69, 9.17) is 5.11 Å². The number of nitrogens with one attached hydrogen (secondary N) is 1. The molecule has 1 saturated heterocycles. The van der Waals surface area contributed by atoms with Gasteiger partial charge in [0.15, 0.2) is 0 Å². The predicted octanol–water partition coefficient (Wildman–Crippen LogP) is 2.27. The Hall–Kier alpha value is -1.88. The molecule has 1 aromatic rings. The molecule has 0 aromatic heterocycles. The van der Waals surface area contributed by atoms with Gasteiger partial charge >= 0.3 is 5.97 Å². The van der Waals surface area contributed by atoms with E-state index in [2.05, 4.69) is 10.2 Å². The van der Waals surface area contributed by atoms with Gasteiger partial charge in [0.05, 0.1) is 0 Å². The van der Waals surface area contributed by atoms with E-state index < -0.39 is 12.0 Å². The number of hydrogen-bond donors (Lipinski definition) is 2. The second kappa shape index (κ2) is 7.94. The first-order chi connectivity index (χ1) is 10.6. The Labute approximate surface area is 131 Å². The Kier molecular flexibility index (Phi) is 5.95. The Morgan fingerprint density at radius 2 is 1.82 bits per heavy atom. The topological polar surface area (TPSA) is 69.6 Å². The van der Waals surface area contributed by atoms with E-state index in [1.165, 1.54) is 32.6 Å². The summed E-state index contributed by atoms with van der Waals surface area (Å²) >= 11 is 0. The van der Waals surface area contributed by atoms with Crippen LogP contribution in [0, 0.1) is 0 Å². The van der Waals surface area contributed by atoms with Crippen molar-refractivity contribution < 1.29 is 14.7 Å². The molecule has 1 aliphatic rings. The van der Waals surface area contributed by atoms with Crippen LogP contribution in [0.5, 0.6) is 0 Å². The first-order valence-electron chi connectivity index (χ1n) is 7.92. The van der Waals surface area contributed by atoms with Gasteiger partial charge in [-0.3, -0.25) is 14.5 Å². The SMILES string of the molecule is CC(NC(=O)c1ccccc1CN1CCCCCC1)C(=O)O. The smallest absolute Gasteiger partial charge is 0.325 e. The maximum absolute atomic E-state index is 12.3. The summed E-state index contributed by atoms with van der Waals surface area (Å²) in [6, 6.07) is 6.55. The van der Waals surface area contributed by atoms with E-state index in [0.717, 1.165) is 25.2 Å². The Morgan fingerprint density at radius 3 is 2.45 bits per heavy atom. The molecule has 1 aliphatic heterocycles. The van der Waals surface area contributed by atoms with Crippen LogP contribution in [0.25, 0.3) is 0 Å². The van der Waals surface area contributed by atoms with Crippen molar-refractivity contribution in [1.29, 1.82) is 0 Å². The second-order valence-corrected chi connectivity index (χ2v) is 5.88. The van der Waals surface area contributed by atoms with Crippen molar-refractivity contribution in [3.63, 3.8) is 0 Å². The fourth-order valence-electron chi connectivity index (χ4n) is 2.75. The molecular formula is C17H24N2O3. The summed E-state index contributed by atoms with van der Waals surface area (Å²) in [4.78, 5) is 25.6. The van der Waals surface area contributed by atoms with Gasteiger partial charge in [0, 0.05) is 12.1 Å². The molecule has 2 rings (SSSR count). The highest BCUT2D eigenvalue weighted by Crippen LogP contribution is 2.16. The van der Waals surface area contributed by atoms with Crippen molar-refractivity contribution in [2.45, 2.75) is 45.2 Å². The van der Waals surface area contributed by atoms with Crippen molar-refractivity contribution in [2.75, 3.05) is 13.1 Å². The van der Waals surface area contributed by atoms with Gasteiger partial charge in [0.2, 0.25) is 0 Å². The maximum atomic E-state index is 12.3. The van der Waals surface area contributed by atoms with Crippen molar-refractivity contribution in [1.82, 2.24) is 10.2 Å². The number of benzene rings is 1. The van der Waals surface area contributed by atoms with Crippen molar-refractivity contribution in [3.05, 3.63) is 35.4 Å². The molecule has 1 amide bonds. The van der Waals surface area contributed by atoms with Crippen LogP contribution in [0.15, 0.2) is 24.3 Å². The fourth-order valence-corrected chi connectivity index (χ4v) is 2.75. The van der Waals surface area contributed by atoms with Crippen LogP contribution in [0.2, 0.25) is 0 Å². The van der Waals surface area contributed by atoms with E-state index in [-0.39, 0.29) is 5.91 Å². The Balaban J connectivity index is 2.08. The normalized spacial score (nSPS) is 17.5. The highest BCUT2D eigenvalue weighted by Gasteiger charge is 2.19. The molecular weight excluding hydrogens is 280 g/mol. The van der Waals surface area contributed by atoms with E-state index in [1.54, 1.807) is 6.07 Å². The second-order valence-electron chi connectivity index (χ2n) is 5.88. The molecule has 0 radical (unpaired) electrons. The monoisotopic (exact) mass is 304 g/mol. The lowest BCUT2D eigenvalue weighted by Crippen LogP contribution is -2.39. The average molecular weight is 304 g/mol. The van der Waals surface area contributed by atoms with E-state index in [1.807, 2.05) is 18.2 Å². The first-order valence-corrected chi connectivity index (χ1v) is 7.92. The number of nitrogens with zero attached hydrogens (tertiary/aromatic N) is 1. The van der Waals surface area contributed by atoms with Crippen LogP contribution in [-0.4, -0.2) is 41.0 Å². The van der Waals surface area contributed by atoms with Gasteiger partial charge in [0.25, 0.3) is 5.91 Å². The third-order valence-corrected chi connectivity index (χ3v) is 4.07. The minimum atomic E-state index is -1.03. The third kappa shape index (κ3) is 4.56. The molecule has 0 saturated carbocycles. The van der Waals surface area contributed by atoms with Crippen LogP contribution >= 0.6 is 0 Å². The highest BCUT2D eigenvalue weighted by molar-refractivity contribution is 5.97. The van der Waals surface area contributed by atoms with Gasteiger partial charge in [-0.15, -0.1) is 0 Å². The molecule has 0 bridgehead atoms. The molecule has 1 fully saturated rings. The lowest BCUT2D eigenvalue weighted by Gasteiger charge is -2.21.